The van der Waals surface area contributed by atoms with Gasteiger partial charge in [-0.25, -0.2) is 0 Å². The molecule has 0 spiro atoms. The van der Waals surface area contributed by atoms with Crippen LogP contribution in [0.1, 0.15) is 0 Å². The van der Waals surface area contributed by atoms with E-state index < -0.39 is 0 Å². The Morgan fingerprint density at radius 1 is 1.30 bits per heavy atom. The van der Waals surface area contributed by atoms with Crippen LogP contribution >= 0.6 is 11.8 Å². The Kier molecular flexibility index (Phi) is 2.50. The minimum Gasteiger partial charge on any atom is -0.282 e. The van der Waals surface area contributed by atoms with Gasteiger partial charge in [-0.1, -0.05) is 18.2 Å². The summed E-state index contributed by atoms with van der Waals surface area (Å²) in [5.41, 5.74) is 3.20. The van der Waals surface area contributed by atoms with Crippen LogP contribution in [0.3, 0.4) is 0 Å². The highest BCUT2D eigenvalue weighted by atomic mass is 35.5. The van der Waals surface area contributed by atoms with E-state index in [1.165, 1.54) is 0 Å². The van der Waals surface area contributed by atoms with Crippen LogP contribution in [0.25, 0.3) is 0 Å². The summed E-state index contributed by atoms with van der Waals surface area (Å²) < 4.78 is 0.384. The maximum atomic E-state index is 8.49. The predicted octanol–water partition coefficient (Wildman–Crippen LogP) is 1.86. The van der Waals surface area contributed by atoms with Gasteiger partial charge >= 0.3 is 0 Å². The maximum absolute atomic E-state index is 8.49. The number of hydrogen-bond donors (Lipinski definition) is 2. The molecule has 0 atom stereocenters. The number of anilines is 1. The summed E-state index contributed by atoms with van der Waals surface area (Å²) in [5.74, 6) is 0. The Morgan fingerprint density at radius 2 is 1.90 bits per heavy atom. The minimum absolute atomic E-state index is 0.384. The van der Waals surface area contributed by atoms with Crippen LogP contribution in [0, 0.1) is 0 Å². The molecule has 0 aromatic heterocycles. The Morgan fingerprint density at radius 3 is 2.40 bits per heavy atom. The third-order valence-corrected chi connectivity index (χ3v) is 1.08. The lowest BCUT2D eigenvalue weighted by atomic mass is 10.3. The van der Waals surface area contributed by atoms with Gasteiger partial charge in [0.15, 0.2) is 0 Å². The van der Waals surface area contributed by atoms with Gasteiger partial charge in [-0.2, -0.15) is 0 Å². The number of rotatable bonds is 2. The second-order valence-corrected chi connectivity index (χ2v) is 2.06. The van der Waals surface area contributed by atoms with Gasteiger partial charge in [0, 0.05) is 11.8 Å². The highest BCUT2D eigenvalue weighted by Gasteiger charge is 1.91. The maximum Gasteiger partial charge on any atom is 0.0525 e. The summed E-state index contributed by atoms with van der Waals surface area (Å²) in [7, 11) is 0. The van der Waals surface area contributed by atoms with Crippen molar-refractivity contribution in [1.82, 2.24) is 4.69 Å². The highest BCUT2D eigenvalue weighted by Crippen LogP contribution is 2.05. The summed E-state index contributed by atoms with van der Waals surface area (Å²) >= 11 is 5.09. The SMILES string of the molecule is ON(Cl)Nc1ccccc1. The summed E-state index contributed by atoms with van der Waals surface area (Å²) in [4.78, 5) is 0. The summed E-state index contributed by atoms with van der Waals surface area (Å²) in [5, 5.41) is 8.49. The molecule has 0 bridgehead atoms. The fraction of sp³-hybridized carbons (Fsp3) is 0. The Bertz CT molecular complexity index is 190. The molecule has 1 rings (SSSR count). The first kappa shape index (κ1) is 7.34. The van der Waals surface area contributed by atoms with Gasteiger partial charge in [0.25, 0.3) is 0 Å². The highest BCUT2D eigenvalue weighted by molar-refractivity contribution is 6.12. The number of hydrazine groups is 1. The van der Waals surface area contributed by atoms with Crippen LogP contribution < -0.4 is 5.43 Å². The van der Waals surface area contributed by atoms with Gasteiger partial charge in [0.1, 0.15) is 0 Å². The third kappa shape index (κ3) is 2.23. The largest absolute Gasteiger partial charge is 0.282 e. The summed E-state index contributed by atoms with van der Waals surface area (Å²) in [6.45, 7) is 0. The van der Waals surface area contributed by atoms with Crippen molar-refractivity contribution >= 4 is 17.5 Å². The average molecular weight is 159 g/mol. The number of benzene rings is 1. The number of nitrogens with one attached hydrogen (secondary N) is 1. The van der Waals surface area contributed by atoms with Crippen molar-refractivity contribution in [3.05, 3.63) is 30.3 Å². The monoisotopic (exact) mass is 158 g/mol. The zero-order valence-electron chi connectivity index (χ0n) is 5.16. The molecule has 3 nitrogen and oxygen atoms in total. The molecule has 1 aromatic carbocycles. The van der Waals surface area contributed by atoms with Gasteiger partial charge in [0.05, 0.1) is 5.69 Å². The number of para-hydroxylation sites is 1. The van der Waals surface area contributed by atoms with Crippen LogP contribution in [-0.4, -0.2) is 9.90 Å². The van der Waals surface area contributed by atoms with Crippen molar-refractivity contribution in [3.63, 3.8) is 0 Å². The van der Waals surface area contributed by atoms with Gasteiger partial charge in [0.2, 0.25) is 0 Å². The molecule has 4 heteroatoms. The van der Waals surface area contributed by atoms with Crippen LogP contribution in [0.15, 0.2) is 30.3 Å². The van der Waals surface area contributed by atoms with Crippen molar-refractivity contribution in [3.8, 4) is 0 Å². The van der Waals surface area contributed by atoms with Gasteiger partial charge in [-0.05, 0) is 16.8 Å². The second-order valence-electron chi connectivity index (χ2n) is 1.74. The molecule has 0 aliphatic rings. The normalized spacial score (nSPS) is 9.90. The van der Waals surface area contributed by atoms with E-state index in [9.17, 15) is 0 Å². The first-order valence-electron chi connectivity index (χ1n) is 2.75. The summed E-state index contributed by atoms with van der Waals surface area (Å²) in [6.07, 6.45) is 0. The lowest BCUT2D eigenvalue weighted by Gasteiger charge is -2.06. The average Bonchev–Trinajstić information content (AvgIpc) is 1.88. The third-order valence-electron chi connectivity index (χ3n) is 0.995. The number of nitrogens with zero attached hydrogens (tertiary/aromatic N) is 1. The molecule has 0 saturated heterocycles. The lowest BCUT2D eigenvalue weighted by Crippen LogP contribution is -2.13. The van der Waals surface area contributed by atoms with E-state index in [4.69, 9.17) is 17.0 Å². The van der Waals surface area contributed by atoms with Gasteiger partial charge < -0.3 is 0 Å². The smallest absolute Gasteiger partial charge is 0.0525 e. The molecule has 10 heavy (non-hydrogen) atoms. The van der Waals surface area contributed by atoms with E-state index in [0.29, 0.717) is 4.69 Å². The van der Waals surface area contributed by atoms with Crippen molar-refractivity contribution in [2.24, 2.45) is 0 Å². The van der Waals surface area contributed by atoms with Crippen LogP contribution in [0.4, 0.5) is 5.69 Å². The van der Waals surface area contributed by atoms with E-state index >= 15 is 0 Å². The molecule has 0 fully saturated rings. The molecule has 1 aromatic rings. The molecule has 2 N–H and O–H groups in total. The van der Waals surface area contributed by atoms with E-state index in [2.05, 4.69) is 5.43 Å². The molecule has 0 aliphatic heterocycles. The van der Waals surface area contributed by atoms with Crippen LogP contribution in [-0.2, 0) is 0 Å². The van der Waals surface area contributed by atoms with E-state index in [-0.39, 0.29) is 0 Å². The van der Waals surface area contributed by atoms with Crippen molar-refractivity contribution in [2.75, 3.05) is 5.43 Å². The van der Waals surface area contributed by atoms with Crippen LogP contribution in [0.5, 0.6) is 0 Å². The topological polar surface area (TPSA) is 35.5 Å². The first-order chi connectivity index (χ1) is 4.79. The van der Waals surface area contributed by atoms with E-state index in [1.54, 1.807) is 12.1 Å². The molecular formula is C6H7ClN2O. The van der Waals surface area contributed by atoms with E-state index in [1.807, 2.05) is 18.2 Å². The van der Waals surface area contributed by atoms with Crippen LogP contribution in [0.2, 0.25) is 0 Å². The zero-order chi connectivity index (χ0) is 7.40. The fourth-order valence-corrected chi connectivity index (χ4v) is 0.717. The van der Waals surface area contributed by atoms with E-state index in [0.717, 1.165) is 5.69 Å². The second kappa shape index (κ2) is 3.41. The zero-order valence-corrected chi connectivity index (χ0v) is 5.92. The molecule has 0 heterocycles. The van der Waals surface area contributed by atoms with Gasteiger partial charge in [-0.3, -0.25) is 10.6 Å². The van der Waals surface area contributed by atoms with Gasteiger partial charge in [-0.15, -0.1) is 0 Å². The molecule has 0 unspecified atom stereocenters. The molecule has 0 amide bonds. The first-order valence-corrected chi connectivity index (χ1v) is 3.09. The molecule has 0 saturated carbocycles. The minimum atomic E-state index is 0.384. The lowest BCUT2D eigenvalue weighted by molar-refractivity contribution is 0.0327. The van der Waals surface area contributed by atoms with Crippen molar-refractivity contribution in [2.45, 2.75) is 0 Å². The molecule has 0 radical (unpaired) electrons. The molecular weight excluding hydrogens is 152 g/mol. The standard InChI is InChI=1S/C6H7ClN2O/c7-9(10)8-6-4-2-1-3-5-6/h1-5,8,10H. The van der Waals surface area contributed by atoms with Crippen molar-refractivity contribution in [1.29, 1.82) is 0 Å². The fourth-order valence-electron chi connectivity index (χ4n) is 0.619. The summed E-state index contributed by atoms with van der Waals surface area (Å²) in [6, 6.07) is 9.11. The Balaban J connectivity index is 2.59. The Labute approximate surface area is 63.9 Å². The number of hydrogen-bond acceptors (Lipinski definition) is 3. The quantitative estimate of drug-likeness (QED) is 0.510. The predicted molar refractivity (Wildman–Crippen MR) is 39.5 cm³/mol. The Hall–Kier alpha value is -0.770. The molecule has 0 aliphatic carbocycles. The number of halogens is 1. The van der Waals surface area contributed by atoms with Crippen molar-refractivity contribution < 1.29 is 5.21 Å². The molecule has 54 valence electrons.